The maximum Gasteiger partial charge on any atom is 0.224 e. The van der Waals surface area contributed by atoms with E-state index in [-0.39, 0.29) is 42.8 Å². The van der Waals surface area contributed by atoms with Gasteiger partial charge in [0.1, 0.15) is 0 Å². The van der Waals surface area contributed by atoms with Crippen LogP contribution < -0.4 is 5.73 Å². The Morgan fingerprint density at radius 3 is 2.62 bits per heavy atom. The average molecular weight is 264 g/mol. The molecule has 90 valence electrons. The zero-order valence-corrected chi connectivity index (χ0v) is 10.5. The van der Waals surface area contributed by atoms with Crippen molar-refractivity contribution in [3.05, 3.63) is 30.1 Å². The predicted molar refractivity (Wildman–Crippen MR) is 66.8 cm³/mol. The van der Waals surface area contributed by atoms with Crippen molar-refractivity contribution in [1.29, 1.82) is 0 Å². The third-order valence-electron chi connectivity index (χ3n) is 2.65. The van der Waals surface area contributed by atoms with Gasteiger partial charge in [-0.2, -0.15) is 0 Å². The Morgan fingerprint density at radius 1 is 1.50 bits per heavy atom. The molecule has 2 N–H and O–H groups in total. The van der Waals surface area contributed by atoms with E-state index in [1.165, 1.54) is 0 Å². The molecule has 0 spiro atoms. The Labute approximate surface area is 107 Å². The summed E-state index contributed by atoms with van der Waals surface area (Å²) in [6.45, 7) is 0. The largest absolute Gasteiger partial charge is 0.337 e. The van der Waals surface area contributed by atoms with Crippen LogP contribution >= 0.6 is 24.8 Å². The van der Waals surface area contributed by atoms with Gasteiger partial charge >= 0.3 is 0 Å². The van der Waals surface area contributed by atoms with E-state index in [4.69, 9.17) is 5.73 Å². The normalized spacial score (nSPS) is 23.6. The Bertz CT molecular complexity index is 347. The summed E-state index contributed by atoms with van der Waals surface area (Å²) in [5.41, 5.74) is 6.91. The third-order valence-corrected chi connectivity index (χ3v) is 2.65. The van der Waals surface area contributed by atoms with Crippen molar-refractivity contribution >= 4 is 30.7 Å². The lowest BCUT2D eigenvalue weighted by atomic mass is 10.0. The molecule has 0 aromatic carbocycles. The van der Waals surface area contributed by atoms with Gasteiger partial charge in [-0.25, -0.2) is 0 Å². The predicted octanol–water partition coefficient (Wildman–Crippen LogP) is 1.16. The van der Waals surface area contributed by atoms with Crippen molar-refractivity contribution in [3.63, 3.8) is 0 Å². The van der Waals surface area contributed by atoms with E-state index in [9.17, 15) is 4.79 Å². The van der Waals surface area contributed by atoms with E-state index >= 15 is 0 Å². The van der Waals surface area contributed by atoms with Crippen LogP contribution in [0.2, 0.25) is 0 Å². The lowest BCUT2D eigenvalue weighted by molar-refractivity contribution is -0.127. The summed E-state index contributed by atoms with van der Waals surface area (Å²) in [5.74, 6) is 0.103. The number of carbonyl (C=O) groups excluding carboxylic acids is 1. The highest BCUT2D eigenvalue weighted by molar-refractivity contribution is 5.85. The van der Waals surface area contributed by atoms with Gasteiger partial charge < -0.3 is 10.6 Å². The molecule has 1 aliphatic heterocycles. The number of hydrogen-bond donors (Lipinski definition) is 1. The van der Waals surface area contributed by atoms with Gasteiger partial charge in [0, 0.05) is 31.9 Å². The minimum absolute atomic E-state index is 0. The van der Waals surface area contributed by atoms with E-state index in [2.05, 4.69) is 4.98 Å². The van der Waals surface area contributed by atoms with Crippen LogP contribution in [0.5, 0.6) is 0 Å². The second-order valence-electron chi connectivity index (χ2n) is 3.60. The molecule has 6 heteroatoms. The fourth-order valence-corrected chi connectivity index (χ4v) is 1.92. The van der Waals surface area contributed by atoms with E-state index in [0.29, 0.717) is 6.42 Å². The molecule has 0 saturated carbocycles. The highest BCUT2D eigenvalue weighted by atomic mass is 35.5. The lowest BCUT2D eigenvalue weighted by Gasteiger charge is -2.22. The molecule has 2 heterocycles. The van der Waals surface area contributed by atoms with Gasteiger partial charge in [-0.15, -0.1) is 24.8 Å². The van der Waals surface area contributed by atoms with Crippen LogP contribution in [0.25, 0.3) is 0 Å². The van der Waals surface area contributed by atoms with Gasteiger partial charge in [-0.1, -0.05) is 6.07 Å². The molecule has 2 atom stereocenters. The molecule has 1 saturated heterocycles. The topological polar surface area (TPSA) is 59.2 Å². The van der Waals surface area contributed by atoms with Crippen LogP contribution in [0.1, 0.15) is 18.0 Å². The number of halogens is 2. The maximum absolute atomic E-state index is 11.4. The molecule has 0 unspecified atom stereocenters. The van der Waals surface area contributed by atoms with Gasteiger partial charge in [0.05, 0.1) is 6.04 Å². The number of likely N-dealkylation sites (N-methyl/N-ethyl adjacent to an activating group) is 1. The van der Waals surface area contributed by atoms with Crippen molar-refractivity contribution in [3.8, 4) is 0 Å². The molecule has 0 radical (unpaired) electrons. The number of rotatable bonds is 1. The van der Waals surface area contributed by atoms with E-state index < -0.39 is 0 Å². The second-order valence-corrected chi connectivity index (χ2v) is 3.60. The van der Waals surface area contributed by atoms with Gasteiger partial charge in [0.2, 0.25) is 5.91 Å². The Hall–Kier alpha value is -0.840. The summed E-state index contributed by atoms with van der Waals surface area (Å²) in [7, 11) is 1.78. The molecule has 1 aliphatic rings. The van der Waals surface area contributed by atoms with E-state index in [0.717, 1.165) is 5.56 Å². The maximum atomic E-state index is 11.4. The molecule has 0 bridgehead atoms. The standard InChI is InChI=1S/C10H13N3O.2ClH/c1-13-9(14)5-8(11)10(13)7-3-2-4-12-6-7;;/h2-4,6,8,10H,5,11H2,1H3;2*1H/t8-,10+;;/m0../s1. The highest BCUT2D eigenvalue weighted by Crippen LogP contribution is 2.29. The summed E-state index contributed by atoms with van der Waals surface area (Å²) in [4.78, 5) is 17.1. The fraction of sp³-hybridized carbons (Fsp3) is 0.400. The minimum atomic E-state index is -0.114. The summed E-state index contributed by atoms with van der Waals surface area (Å²) >= 11 is 0. The van der Waals surface area contributed by atoms with Crippen molar-refractivity contribution in [2.24, 2.45) is 5.73 Å². The molecular formula is C10H15Cl2N3O. The number of likely N-dealkylation sites (tertiary alicyclic amines) is 1. The molecule has 1 fully saturated rings. The van der Waals surface area contributed by atoms with Crippen LogP contribution in [0, 0.1) is 0 Å². The quantitative estimate of drug-likeness (QED) is 0.827. The smallest absolute Gasteiger partial charge is 0.224 e. The SMILES string of the molecule is CN1C(=O)C[C@H](N)[C@H]1c1cccnc1.Cl.Cl. The first-order chi connectivity index (χ1) is 6.70. The molecule has 2 rings (SSSR count). The van der Waals surface area contributed by atoms with Crippen LogP contribution in [0.15, 0.2) is 24.5 Å². The van der Waals surface area contributed by atoms with Crippen LogP contribution in [0.4, 0.5) is 0 Å². The monoisotopic (exact) mass is 263 g/mol. The van der Waals surface area contributed by atoms with Gasteiger partial charge in [0.15, 0.2) is 0 Å². The van der Waals surface area contributed by atoms with Crippen molar-refractivity contribution in [1.82, 2.24) is 9.88 Å². The number of hydrogen-bond acceptors (Lipinski definition) is 3. The molecule has 4 nitrogen and oxygen atoms in total. The highest BCUT2D eigenvalue weighted by Gasteiger charge is 2.35. The summed E-state index contributed by atoms with van der Waals surface area (Å²) in [5, 5.41) is 0. The van der Waals surface area contributed by atoms with Gasteiger partial charge in [-0.3, -0.25) is 9.78 Å². The number of aromatic nitrogens is 1. The van der Waals surface area contributed by atoms with E-state index in [1.807, 2.05) is 12.1 Å². The van der Waals surface area contributed by atoms with Crippen molar-refractivity contribution in [2.45, 2.75) is 18.5 Å². The first-order valence-electron chi connectivity index (χ1n) is 4.61. The number of nitrogens with zero attached hydrogens (tertiary/aromatic N) is 2. The zero-order chi connectivity index (χ0) is 10.1. The van der Waals surface area contributed by atoms with E-state index in [1.54, 1.807) is 24.3 Å². The van der Waals surface area contributed by atoms with Crippen LogP contribution in [-0.4, -0.2) is 28.9 Å². The Kier molecular flexibility index (Phi) is 5.72. The lowest BCUT2D eigenvalue weighted by Crippen LogP contribution is -2.30. The number of pyridine rings is 1. The van der Waals surface area contributed by atoms with Crippen molar-refractivity contribution < 1.29 is 4.79 Å². The molecule has 1 aromatic rings. The zero-order valence-electron chi connectivity index (χ0n) is 8.87. The first-order valence-corrected chi connectivity index (χ1v) is 4.61. The van der Waals surface area contributed by atoms with Gasteiger partial charge in [0.25, 0.3) is 0 Å². The summed E-state index contributed by atoms with van der Waals surface area (Å²) < 4.78 is 0. The minimum Gasteiger partial charge on any atom is -0.337 e. The first kappa shape index (κ1) is 15.2. The second kappa shape index (κ2) is 6.03. The molecule has 0 aliphatic carbocycles. The Balaban J connectivity index is 0.00000112. The Morgan fingerprint density at radius 2 is 2.19 bits per heavy atom. The number of nitrogens with two attached hydrogens (primary N) is 1. The molecule has 1 aromatic heterocycles. The molecule has 16 heavy (non-hydrogen) atoms. The molecule has 1 amide bonds. The average Bonchev–Trinajstić information content (AvgIpc) is 2.43. The van der Waals surface area contributed by atoms with Crippen LogP contribution in [-0.2, 0) is 4.79 Å². The van der Waals surface area contributed by atoms with Crippen LogP contribution in [0.3, 0.4) is 0 Å². The third kappa shape index (κ3) is 2.64. The van der Waals surface area contributed by atoms with Crippen molar-refractivity contribution in [2.75, 3.05) is 7.05 Å². The van der Waals surface area contributed by atoms with Gasteiger partial charge in [-0.05, 0) is 11.6 Å². The number of carbonyl (C=O) groups is 1. The summed E-state index contributed by atoms with van der Waals surface area (Å²) in [6.07, 6.45) is 3.90. The molecular weight excluding hydrogens is 249 g/mol. The fourth-order valence-electron chi connectivity index (χ4n) is 1.92. The summed E-state index contributed by atoms with van der Waals surface area (Å²) in [6, 6.07) is 3.68. The number of amides is 1.